The number of hydrogen-bond acceptors (Lipinski definition) is 4. The molecule has 3 aromatic carbocycles. The lowest BCUT2D eigenvalue weighted by atomic mass is 9.93. The van der Waals surface area contributed by atoms with Crippen LogP contribution in [0.3, 0.4) is 0 Å². The third kappa shape index (κ3) is 4.06. The molecular weight excluding hydrogens is 473 g/mol. The molecule has 0 radical (unpaired) electrons. The summed E-state index contributed by atoms with van der Waals surface area (Å²) < 4.78 is 5.37. The second-order valence-corrected chi connectivity index (χ2v) is 9.13. The Morgan fingerprint density at radius 2 is 1.59 bits per heavy atom. The van der Waals surface area contributed by atoms with Crippen molar-refractivity contribution in [1.29, 1.82) is 0 Å². The molecule has 1 aliphatic rings. The van der Waals surface area contributed by atoms with Crippen LogP contribution in [-0.4, -0.2) is 23.9 Å². The van der Waals surface area contributed by atoms with Gasteiger partial charge in [-0.15, -0.1) is 0 Å². The van der Waals surface area contributed by atoms with Crippen LogP contribution in [0.25, 0.3) is 5.76 Å². The Hall–Kier alpha value is -3.28. The first-order valence-electron chi connectivity index (χ1n) is 10.6. The molecule has 0 bridgehead atoms. The maximum absolute atomic E-state index is 13.3. The first-order chi connectivity index (χ1) is 16.1. The van der Waals surface area contributed by atoms with E-state index < -0.39 is 17.7 Å². The molecule has 1 heterocycles. The van der Waals surface area contributed by atoms with Crippen molar-refractivity contribution in [3.63, 3.8) is 0 Å². The fourth-order valence-electron chi connectivity index (χ4n) is 4.20. The van der Waals surface area contributed by atoms with Gasteiger partial charge in [-0.25, -0.2) is 0 Å². The predicted molar refractivity (Wildman–Crippen MR) is 135 cm³/mol. The summed E-state index contributed by atoms with van der Waals surface area (Å²) in [6, 6.07) is 14.7. The summed E-state index contributed by atoms with van der Waals surface area (Å²) in [6.45, 7) is 5.51. The number of aliphatic hydroxyl groups excluding tert-OH is 1. The number of Topliss-reactive ketones (excluding diaryl/α,β-unsaturated/α-hetero) is 1. The summed E-state index contributed by atoms with van der Waals surface area (Å²) in [4.78, 5) is 28.0. The fourth-order valence-corrected chi connectivity index (χ4v) is 4.50. The van der Waals surface area contributed by atoms with Crippen LogP contribution in [0.15, 0.2) is 60.2 Å². The largest absolute Gasteiger partial charge is 0.507 e. The molecule has 0 aliphatic carbocycles. The number of hydrogen-bond donors (Lipinski definition) is 1. The Kier molecular flexibility index (Phi) is 6.43. The molecule has 0 saturated carbocycles. The third-order valence-corrected chi connectivity index (χ3v) is 6.72. The molecule has 0 spiro atoms. The number of benzene rings is 3. The van der Waals surface area contributed by atoms with Gasteiger partial charge in [-0.3, -0.25) is 14.5 Å². The van der Waals surface area contributed by atoms with Crippen molar-refractivity contribution in [2.75, 3.05) is 12.0 Å². The summed E-state index contributed by atoms with van der Waals surface area (Å²) >= 11 is 12.4. The van der Waals surface area contributed by atoms with Crippen LogP contribution in [0.4, 0.5) is 5.69 Å². The van der Waals surface area contributed by atoms with E-state index in [-0.39, 0.29) is 11.3 Å². The third-order valence-electron chi connectivity index (χ3n) is 6.06. The van der Waals surface area contributed by atoms with Crippen molar-refractivity contribution >= 4 is 46.3 Å². The number of ketones is 1. The van der Waals surface area contributed by atoms with Gasteiger partial charge in [0.2, 0.25) is 0 Å². The predicted octanol–water partition coefficient (Wildman–Crippen LogP) is 6.55. The van der Waals surface area contributed by atoms with Gasteiger partial charge in [0.25, 0.3) is 11.7 Å². The molecule has 0 aromatic heterocycles. The molecule has 1 aliphatic heterocycles. The van der Waals surface area contributed by atoms with Crippen LogP contribution in [0, 0.1) is 20.8 Å². The number of carbonyl (C=O) groups is 2. The summed E-state index contributed by atoms with van der Waals surface area (Å²) in [5.74, 6) is -1.10. The lowest BCUT2D eigenvalue weighted by Gasteiger charge is -2.26. The van der Waals surface area contributed by atoms with E-state index >= 15 is 0 Å². The van der Waals surface area contributed by atoms with Crippen molar-refractivity contribution in [2.24, 2.45) is 0 Å². The lowest BCUT2D eigenvalue weighted by molar-refractivity contribution is -0.132. The number of aryl methyl sites for hydroxylation is 3. The number of rotatable bonds is 4. The van der Waals surface area contributed by atoms with E-state index in [9.17, 15) is 14.7 Å². The number of methoxy groups -OCH3 is 1. The van der Waals surface area contributed by atoms with Crippen LogP contribution in [0.5, 0.6) is 5.75 Å². The number of aliphatic hydroxyl groups is 1. The average molecular weight is 496 g/mol. The second-order valence-electron chi connectivity index (χ2n) is 8.29. The lowest BCUT2D eigenvalue weighted by Crippen LogP contribution is -2.29. The Labute approximate surface area is 208 Å². The minimum atomic E-state index is -0.863. The zero-order valence-electron chi connectivity index (χ0n) is 19.1. The van der Waals surface area contributed by atoms with E-state index in [4.69, 9.17) is 27.9 Å². The fraction of sp³-hybridized carbons (Fsp3) is 0.185. The van der Waals surface area contributed by atoms with Crippen molar-refractivity contribution in [1.82, 2.24) is 0 Å². The maximum Gasteiger partial charge on any atom is 0.300 e. The SMILES string of the molecule is COc1cc(C)c(/C(O)=C2\C(=O)C(=O)N(c3ccc(C)c(Cl)c3)C2c2ccc(Cl)cc2)cc1C. The minimum absolute atomic E-state index is 0.00307. The normalized spacial score (nSPS) is 17.4. The van der Waals surface area contributed by atoms with E-state index in [0.717, 1.165) is 11.1 Å². The molecule has 1 N–H and O–H groups in total. The highest BCUT2D eigenvalue weighted by Crippen LogP contribution is 2.43. The van der Waals surface area contributed by atoms with Crippen LogP contribution in [0.2, 0.25) is 10.0 Å². The van der Waals surface area contributed by atoms with Crippen LogP contribution in [-0.2, 0) is 9.59 Å². The van der Waals surface area contributed by atoms with Crippen molar-refractivity contribution in [3.05, 3.63) is 98.0 Å². The van der Waals surface area contributed by atoms with E-state index in [0.29, 0.717) is 38.2 Å². The van der Waals surface area contributed by atoms with Gasteiger partial charge in [-0.2, -0.15) is 0 Å². The Balaban J connectivity index is 1.98. The van der Waals surface area contributed by atoms with Gasteiger partial charge in [0.1, 0.15) is 11.5 Å². The second kappa shape index (κ2) is 9.16. The smallest absolute Gasteiger partial charge is 0.300 e. The van der Waals surface area contributed by atoms with E-state index in [2.05, 4.69) is 0 Å². The molecule has 1 atom stereocenters. The summed E-state index contributed by atoms with van der Waals surface area (Å²) in [5.41, 5.74) is 3.88. The van der Waals surface area contributed by atoms with Gasteiger partial charge in [0, 0.05) is 21.3 Å². The number of halogens is 2. The van der Waals surface area contributed by atoms with Crippen LogP contribution in [0.1, 0.15) is 33.9 Å². The standard InChI is InChI=1S/C27H23Cl2NO4/c1-14-5-10-19(13-21(14)29)30-24(17-6-8-18(28)9-7-17)23(26(32)27(30)33)25(31)20-11-16(3)22(34-4)12-15(20)2/h5-13,24,31H,1-4H3/b25-23+. The molecule has 1 saturated heterocycles. The highest BCUT2D eigenvalue weighted by Gasteiger charge is 2.47. The Morgan fingerprint density at radius 1 is 0.912 bits per heavy atom. The van der Waals surface area contributed by atoms with Gasteiger partial charge in [0.15, 0.2) is 0 Å². The highest BCUT2D eigenvalue weighted by atomic mass is 35.5. The maximum atomic E-state index is 13.3. The van der Waals surface area contributed by atoms with Gasteiger partial charge >= 0.3 is 0 Å². The van der Waals surface area contributed by atoms with Crippen LogP contribution < -0.4 is 9.64 Å². The van der Waals surface area contributed by atoms with Crippen molar-refractivity contribution < 1.29 is 19.4 Å². The Bertz CT molecular complexity index is 1350. The van der Waals surface area contributed by atoms with E-state index in [1.807, 2.05) is 20.8 Å². The topological polar surface area (TPSA) is 66.8 Å². The number of anilines is 1. The molecule has 4 rings (SSSR count). The minimum Gasteiger partial charge on any atom is -0.507 e. The molecule has 174 valence electrons. The van der Waals surface area contributed by atoms with Gasteiger partial charge in [-0.1, -0.05) is 41.4 Å². The summed E-state index contributed by atoms with van der Waals surface area (Å²) in [7, 11) is 1.57. The molecule has 3 aromatic rings. The molecule has 5 nitrogen and oxygen atoms in total. The van der Waals surface area contributed by atoms with E-state index in [1.54, 1.807) is 61.7 Å². The molecule has 34 heavy (non-hydrogen) atoms. The molecule has 1 unspecified atom stereocenters. The number of nitrogens with zero attached hydrogens (tertiary/aromatic N) is 1. The average Bonchev–Trinajstić information content (AvgIpc) is 3.07. The van der Waals surface area contributed by atoms with Crippen molar-refractivity contribution in [3.8, 4) is 5.75 Å². The molecule has 1 amide bonds. The number of ether oxygens (including phenoxy) is 1. The monoisotopic (exact) mass is 495 g/mol. The van der Waals surface area contributed by atoms with E-state index in [1.165, 1.54) is 4.90 Å². The zero-order valence-corrected chi connectivity index (χ0v) is 20.7. The molecule has 7 heteroatoms. The van der Waals surface area contributed by atoms with Crippen molar-refractivity contribution in [2.45, 2.75) is 26.8 Å². The number of amides is 1. The van der Waals surface area contributed by atoms with Gasteiger partial charge in [-0.05, 0) is 79.4 Å². The zero-order chi connectivity index (χ0) is 24.7. The van der Waals surface area contributed by atoms with Gasteiger partial charge < -0.3 is 9.84 Å². The summed E-state index contributed by atoms with van der Waals surface area (Å²) in [6.07, 6.45) is 0. The molecular formula is C27H23Cl2NO4. The molecule has 1 fully saturated rings. The highest BCUT2D eigenvalue weighted by molar-refractivity contribution is 6.52. The van der Waals surface area contributed by atoms with Crippen LogP contribution >= 0.6 is 23.2 Å². The quantitative estimate of drug-likeness (QED) is 0.253. The summed E-state index contributed by atoms with van der Waals surface area (Å²) in [5, 5.41) is 12.4. The van der Waals surface area contributed by atoms with Gasteiger partial charge in [0.05, 0.1) is 18.7 Å². The first kappa shape index (κ1) is 23.9. The Morgan fingerprint density at radius 3 is 2.21 bits per heavy atom. The first-order valence-corrected chi connectivity index (χ1v) is 11.4. The number of carbonyl (C=O) groups excluding carboxylic acids is 2.